The predicted octanol–water partition coefficient (Wildman–Crippen LogP) is 2.62. The van der Waals surface area contributed by atoms with Gasteiger partial charge in [0.2, 0.25) is 5.91 Å². The maximum Gasteiger partial charge on any atom is 0.235 e. The van der Waals surface area contributed by atoms with E-state index >= 15 is 0 Å². The Labute approximate surface area is 110 Å². The normalized spacial score (nSPS) is 16.1. The second-order valence-corrected chi connectivity index (χ2v) is 4.93. The molecule has 3 nitrogen and oxygen atoms in total. The third-order valence-electron chi connectivity index (χ3n) is 2.94. The van der Waals surface area contributed by atoms with Crippen LogP contribution in [0.2, 0.25) is 0 Å². The number of amides is 1. The number of alkyl halides is 1. The number of hydrogen-bond donors (Lipinski definition) is 1. The summed E-state index contributed by atoms with van der Waals surface area (Å²) in [6, 6.07) is 8.09. The third-order valence-corrected chi connectivity index (χ3v) is 3.45. The van der Waals surface area contributed by atoms with Crippen molar-refractivity contribution in [1.29, 1.82) is 0 Å². The Kier molecular flexibility index (Phi) is 4.57. The Morgan fingerprint density at radius 2 is 2.12 bits per heavy atom. The molecule has 0 saturated carbocycles. The quantitative estimate of drug-likeness (QED) is 0.867. The van der Waals surface area contributed by atoms with Gasteiger partial charge in [-0.25, -0.2) is 0 Å². The lowest BCUT2D eigenvalue weighted by molar-refractivity contribution is -0.113. The molecule has 0 aromatic heterocycles. The molecule has 0 unspecified atom stereocenters. The monoisotopic (exact) mass is 296 g/mol. The van der Waals surface area contributed by atoms with Crippen LogP contribution in [0.3, 0.4) is 0 Å². The maximum absolute atomic E-state index is 11.3. The molecule has 17 heavy (non-hydrogen) atoms. The highest BCUT2D eigenvalue weighted by atomic mass is 79.9. The Bertz CT molecular complexity index is 389. The Morgan fingerprint density at radius 3 is 2.82 bits per heavy atom. The zero-order valence-corrected chi connectivity index (χ0v) is 11.4. The zero-order valence-electron chi connectivity index (χ0n) is 9.79. The first-order valence-corrected chi connectivity index (χ1v) is 7.07. The first-order chi connectivity index (χ1) is 8.28. The number of hydrogen-bond acceptors (Lipinski definition) is 2. The van der Waals surface area contributed by atoms with E-state index in [9.17, 15) is 4.79 Å². The van der Waals surface area contributed by atoms with Crippen molar-refractivity contribution in [1.82, 2.24) is 4.90 Å². The molecule has 1 heterocycles. The molecular weight excluding hydrogens is 280 g/mol. The second-order valence-electron chi connectivity index (χ2n) is 4.37. The van der Waals surface area contributed by atoms with Gasteiger partial charge in [-0.1, -0.05) is 28.1 Å². The number of rotatable bonds is 4. The van der Waals surface area contributed by atoms with Gasteiger partial charge in [0.1, 0.15) is 0 Å². The second kappa shape index (κ2) is 6.17. The van der Waals surface area contributed by atoms with Gasteiger partial charge in [0.05, 0.1) is 5.33 Å². The number of carbonyl (C=O) groups is 1. The van der Waals surface area contributed by atoms with Crippen molar-refractivity contribution in [2.24, 2.45) is 0 Å². The van der Waals surface area contributed by atoms with Crippen LogP contribution >= 0.6 is 15.9 Å². The van der Waals surface area contributed by atoms with E-state index in [4.69, 9.17) is 0 Å². The minimum absolute atomic E-state index is 0.0108. The minimum Gasteiger partial charge on any atom is -0.325 e. The average molecular weight is 297 g/mol. The van der Waals surface area contributed by atoms with Gasteiger partial charge in [0.25, 0.3) is 0 Å². The number of halogens is 1. The lowest BCUT2D eigenvalue weighted by Gasteiger charge is -2.15. The van der Waals surface area contributed by atoms with Gasteiger partial charge >= 0.3 is 0 Å². The molecule has 1 amide bonds. The van der Waals surface area contributed by atoms with E-state index in [0.717, 1.165) is 12.2 Å². The van der Waals surface area contributed by atoms with E-state index in [1.165, 1.54) is 31.5 Å². The van der Waals surface area contributed by atoms with Crippen molar-refractivity contribution in [3.05, 3.63) is 29.8 Å². The maximum atomic E-state index is 11.3. The minimum atomic E-state index is -0.0108. The highest BCUT2D eigenvalue weighted by Crippen LogP contribution is 2.16. The first-order valence-electron chi connectivity index (χ1n) is 5.95. The Balaban J connectivity index is 1.97. The van der Waals surface area contributed by atoms with Crippen molar-refractivity contribution in [2.45, 2.75) is 19.4 Å². The molecule has 4 heteroatoms. The summed E-state index contributed by atoms with van der Waals surface area (Å²) < 4.78 is 0. The molecule has 0 radical (unpaired) electrons. The lowest BCUT2D eigenvalue weighted by atomic mass is 10.2. The van der Waals surface area contributed by atoms with Gasteiger partial charge in [0.15, 0.2) is 0 Å². The van der Waals surface area contributed by atoms with Gasteiger partial charge < -0.3 is 5.32 Å². The van der Waals surface area contributed by atoms with E-state index in [1.54, 1.807) is 0 Å². The van der Waals surface area contributed by atoms with Crippen LogP contribution in [0.1, 0.15) is 18.4 Å². The molecule has 2 rings (SSSR count). The summed E-state index contributed by atoms with van der Waals surface area (Å²) in [7, 11) is 0. The molecule has 0 aliphatic carbocycles. The molecule has 0 atom stereocenters. The SMILES string of the molecule is O=C(CBr)Nc1cccc(CN2CCCC2)c1. The van der Waals surface area contributed by atoms with Crippen LogP contribution in [-0.2, 0) is 11.3 Å². The van der Waals surface area contributed by atoms with Crippen molar-refractivity contribution in [3.8, 4) is 0 Å². The van der Waals surface area contributed by atoms with Crippen molar-refractivity contribution < 1.29 is 4.79 Å². The van der Waals surface area contributed by atoms with Crippen LogP contribution in [0.5, 0.6) is 0 Å². The fourth-order valence-corrected chi connectivity index (χ4v) is 2.28. The van der Waals surface area contributed by atoms with Crippen molar-refractivity contribution in [2.75, 3.05) is 23.7 Å². The Morgan fingerprint density at radius 1 is 1.35 bits per heavy atom. The fourth-order valence-electron chi connectivity index (χ4n) is 2.14. The van der Waals surface area contributed by atoms with Crippen LogP contribution in [-0.4, -0.2) is 29.2 Å². The Hall–Kier alpha value is -0.870. The molecule has 1 aliphatic rings. The van der Waals surface area contributed by atoms with E-state index in [0.29, 0.717) is 5.33 Å². The standard InChI is InChI=1S/C13H17BrN2O/c14-9-13(17)15-12-5-3-4-11(8-12)10-16-6-1-2-7-16/h3-5,8H,1-2,6-7,9-10H2,(H,15,17). The molecule has 1 aliphatic heterocycles. The van der Waals surface area contributed by atoms with Crippen LogP contribution in [0, 0.1) is 0 Å². The smallest absolute Gasteiger partial charge is 0.235 e. The lowest BCUT2D eigenvalue weighted by Crippen LogP contribution is -2.18. The summed E-state index contributed by atoms with van der Waals surface area (Å²) in [4.78, 5) is 13.7. The third kappa shape index (κ3) is 3.82. The van der Waals surface area contributed by atoms with Gasteiger partial charge in [-0.3, -0.25) is 9.69 Å². The van der Waals surface area contributed by atoms with Gasteiger partial charge in [-0.05, 0) is 43.6 Å². The number of likely N-dealkylation sites (tertiary alicyclic amines) is 1. The molecule has 1 aromatic rings. The van der Waals surface area contributed by atoms with Crippen molar-refractivity contribution >= 4 is 27.5 Å². The first kappa shape index (κ1) is 12.6. The van der Waals surface area contributed by atoms with Crippen LogP contribution in [0.25, 0.3) is 0 Å². The topological polar surface area (TPSA) is 32.3 Å². The number of nitrogens with zero attached hydrogens (tertiary/aromatic N) is 1. The largest absolute Gasteiger partial charge is 0.325 e. The summed E-state index contributed by atoms with van der Waals surface area (Å²) in [6.45, 7) is 3.37. The molecule has 0 bridgehead atoms. The summed E-state index contributed by atoms with van der Waals surface area (Å²) in [5.41, 5.74) is 2.14. The van der Waals surface area contributed by atoms with Crippen molar-refractivity contribution in [3.63, 3.8) is 0 Å². The molecule has 1 N–H and O–H groups in total. The van der Waals surface area contributed by atoms with Crippen LogP contribution in [0.15, 0.2) is 24.3 Å². The number of benzene rings is 1. The number of carbonyl (C=O) groups excluding carboxylic acids is 1. The highest BCUT2D eigenvalue weighted by Gasteiger charge is 2.11. The van der Waals surface area contributed by atoms with E-state index < -0.39 is 0 Å². The summed E-state index contributed by atoms with van der Waals surface area (Å²) in [5.74, 6) is -0.0108. The number of anilines is 1. The van der Waals surface area contributed by atoms with Crippen LogP contribution < -0.4 is 5.32 Å². The summed E-state index contributed by atoms with van der Waals surface area (Å²) in [6.07, 6.45) is 2.61. The average Bonchev–Trinajstić information content (AvgIpc) is 2.82. The molecule has 1 saturated heterocycles. The van der Waals surface area contributed by atoms with Crippen LogP contribution in [0.4, 0.5) is 5.69 Å². The molecule has 92 valence electrons. The molecule has 1 aromatic carbocycles. The number of nitrogens with one attached hydrogen (secondary N) is 1. The van der Waals surface area contributed by atoms with E-state index in [1.807, 2.05) is 12.1 Å². The van der Waals surface area contributed by atoms with E-state index in [2.05, 4.69) is 38.3 Å². The summed E-state index contributed by atoms with van der Waals surface area (Å²) in [5, 5.41) is 3.19. The molecule has 1 fully saturated rings. The van der Waals surface area contributed by atoms with Gasteiger partial charge in [0, 0.05) is 12.2 Å². The summed E-state index contributed by atoms with van der Waals surface area (Å²) >= 11 is 3.14. The highest BCUT2D eigenvalue weighted by molar-refractivity contribution is 9.09. The molecule has 0 spiro atoms. The predicted molar refractivity (Wildman–Crippen MR) is 73.4 cm³/mol. The molecular formula is C13H17BrN2O. The van der Waals surface area contributed by atoms with Gasteiger partial charge in [-0.2, -0.15) is 0 Å². The van der Waals surface area contributed by atoms with E-state index in [-0.39, 0.29) is 5.91 Å². The zero-order chi connectivity index (χ0) is 12.1. The van der Waals surface area contributed by atoms with Gasteiger partial charge in [-0.15, -0.1) is 0 Å². The fraction of sp³-hybridized carbons (Fsp3) is 0.462.